The van der Waals surface area contributed by atoms with Gasteiger partial charge in [0.1, 0.15) is 11.6 Å². The van der Waals surface area contributed by atoms with E-state index in [4.69, 9.17) is 5.26 Å². The van der Waals surface area contributed by atoms with Crippen LogP contribution in [0.3, 0.4) is 0 Å². The molecule has 1 rings (SSSR count). The number of hydrogen-bond donors (Lipinski definition) is 1. The standard InChI is InChI=1S/C13H14F2N2O3/c1-20-12(19)8-17(6-5-16)7-11(18)13-9(14)3-2-4-10(13)15/h2-4,11,18H,6-8H2,1H3. The molecule has 5 nitrogen and oxygen atoms in total. The number of benzene rings is 1. The van der Waals surface area contributed by atoms with Crippen molar-refractivity contribution in [2.75, 3.05) is 26.7 Å². The van der Waals surface area contributed by atoms with Gasteiger partial charge in [-0.25, -0.2) is 8.78 Å². The largest absolute Gasteiger partial charge is 0.468 e. The molecule has 0 saturated carbocycles. The maximum atomic E-state index is 13.5. The summed E-state index contributed by atoms with van der Waals surface area (Å²) in [6.45, 7) is -0.695. The van der Waals surface area contributed by atoms with Crippen molar-refractivity contribution in [2.24, 2.45) is 0 Å². The zero-order valence-corrected chi connectivity index (χ0v) is 10.8. The molecular weight excluding hydrogens is 270 g/mol. The summed E-state index contributed by atoms with van der Waals surface area (Å²) in [5.41, 5.74) is -0.486. The van der Waals surface area contributed by atoms with Crippen LogP contribution in [-0.2, 0) is 9.53 Å². The van der Waals surface area contributed by atoms with Crippen LogP contribution in [0.5, 0.6) is 0 Å². The third-order valence-electron chi connectivity index (χ3n) is 2.64. The molecule has 1 unspecified atom stereocenters. The van der Waals surface area contributed by atoms with E-state index in [1.54, 1.807) is 6.07 Å². The van der Waals surface area contributed by atoms with Crippen LogP contribution in [0, 0.1) is 23.0 Å². The first kappa shape index (κ1) is 16.0. The third kappa shape index (κ3) is 4.26. The minimum absolute atomic E-state index is 0.178. The Balaban J connectivity index is 2.83. The van der Waals surface area contributed by atoms with Crippen molar-refractivity contribution >= 4 is 5.97 Å². The van der Waals surface area contributed by atoms with Gasteiger partial charge in [0, 0.05) is 6.54 Å². The number of aliphatic hydroxyl groups excluding tert-OH is 1. The Morgan fingerprint density at radius 2 is 2.10 bits per heavy atom. The lowest BCUT2D eigenvalue weighted by Crippen LogP contribution is -2.35. The molecule has 0 heterocycles. The Kier molecular flexibility index (Phi) is 6.03. The predicted molar refractivity (Wildman–Crippen MR) is 65.4 cm³/mol. The molecule has 0 saturated heterocycles. The third-order valence-corrected chi connectivity index (χ3v) is 2.64. The van der Waals surface area contributed by atoms with E-state index in [0.29, 0.717) is 0 Å². The summed E-state index contributed by atoms with van der Waals surface area (Å²) in [6, 6.07) is 5.03. The maximum Gasteiger partial charge on any atom is 0.319 e. The Morgan fingerprint density at radius 1 is 1.50 bits per heavy atom. The summed E-state index contributed by atoms with van der Waals surface area (Å²) in [5.74, 6) is -2.37. The normalized spacial score (nSPS) is 12.0. The Bertz CT molecular complexity index is 497. The molecular formula is C13H14F2N2O3. The van der Waals surface area contributed by atoms with E-state index < -0.39 is 29.3 Å². The van der Waals surface area contributed by atoms with E-state index in [-0.39, 0.29) is 19.6 Å². The number of methoxy groups -OCH3 is 1. The van der Waals surface area contributed by atoms with Gasteiger partial charge in [-0.3, -0.25) is 9.69 Å². The molecule has 20 heavy (non-hydrogen) atoms. The van der Waals surface area contributed by atoms with Crippen molar-refractivity contribution in [3.8, 4) is 6.07 Å². The van der Waals surface area contributed by atoms with Crippen LogP contribution in [0.4, 0.5) is 8.78 Å². The first-order valence-corrected chi connectivity index (χ1v) is 5.77. The summed E-state index contributed by atoms with van der Waals surface area (Å²) in [7, 11) is 1.18. The molecule has 0 aliphatic carbocycles. The minimum Gasteiger partial charge on any atom is -0.468 e. The minimum atomic E-state index is -1.49. The summed E-state index contributed by atoms with van der Waals surface area (Å²) < 4.78 is 31.4. The average Bonchev–Trinajstić information content (AvgIpc) is 2.38. The lowest BCUT2D eigenvalue weighted by Gasteiger charge is -2.22. The second kappa shape index (κ2) is 7.53. The zero-order chi connectivity index (χ0) is 15.1. The molecule has 1 N–H and O–H groups in total. The van der Waals surface area contributed by atoms with Crippen LogP contribution in [0.2, 0.25) is 0 Å². The van der Waals surface area contributed by atoms with Crippen LogP contribution >= 0.6 is 0 Å². The Labute approximate surface area is 115 Å². The lowest BCUT2D eigenvalue weighted by molar-refractivity contribution is -0.142. The SMILES string of the molecule is COC(=O)CN(CC#N)CC(O)c1c(F)cccc1F. The van der Waals surface area contributed by atoms with Crippen LogP contribution < -0.4 is 0 Å². The van der Waals surface area contributed by atoms with Crippen LogP contribution in [0.15, 0.2) is 18.2 Å². The molecule has 1 aromatic carbocycles. The number of nitrogens with zero attached hydrogens (tertiary/aromatic N) is 2. The molecule has 0 radical (unpaired) electrons. The number of esters is 1. The summed E-state index contributed by atoms with van der Waals surface area (Å²) in [5, 5.41) is 18.5. The number of carbonyl (C=O) groups excluding carboxylic acids is 1. The van der Waals surface area contributed by atoms with Gasteiger partial charge in [0.2, 0.25) is 0 Å². The van der Waals surface area contributed by atoms with Crippen molar-refractivity contribution in [2.45, 2.75) is 6.10 Å². The highest BCUT2D eigenvalue weighted by atomic mass is 19.1. The number of nitriles is 1. The Hall–Kier alpha value is -2.04. The van der Waals surface area contributed by atoms with Gasteiger partial charge < -0.3 is 9.84 Å². The van der Waals surface area contributed by atoms with Gasteiger partial charge in [-0.05, 0) is 12.1 Å². The van der Waals surface area contributed by atoms with E-state index in [2.05, 4.69) is 4.74 Å². The predicted octanol–water partition coefficient (Wildman–Crippen LogP) is 0.997. The first-order valence-electron chi connectivity index (χ1n) is 5.77. The smallest absolute Gasteiger partial charge is 0.319 e. The highest BCUT2D eigenvalue weighted by Gasteiger charge is 2.21. The highest BCUT2D eigenvalue weighted by molar-refractivity contribution is 5.71. The number of hydrogen-bond acceptors (Lipinski definition) is 5. The number of aliphatic hydroxyl groups is 1. The van der Waals surface area contributed by atoms with Gasteiger partial charge in [0.05, 0.1) is 37.9 Å². The zero-order valence-electron chi connectivity index (χ0n) is 10.8. The van der Waals surface area contributed by atoms with E-state index in [9.17, 15) is 18.7 Å². The molecule has 1 atom stereocenters. The molecule has 1 aromatic rings. The van der Waals surface area contributed by atoms with E-state index in [1.807, 2.05) is 0 Å². The van der Waals surface area contributed by atoms with Crippen LogP contribution in [0.25, 0.3) is 0 Å². The molecule has 0 bridgehead atoms. The van der Waals surface area contributed by atoms with Crippen molar-refractivity contribution in [1.82, 2.24) is 4.90 Å². The molecule has 0 amide bonds. The van der Waals surface area contributed by atoms with Gasteiger partial charge in [-0.15, -0.1) is 0 Å². The molecule has 7 heteroatoms. The average molecular weight is 284 g/mol. The van der Waals surface area contributed by atoms with Crippen LogP contribution in [0.1, 0.15) is 11.7 Å². The molecule has 0 aliphatic heterocycles. The molecule has 0 aliphatic rings. The van der Waals surface area contributed by atoms with Gasteiger partial charge >= 0.3 is 5.97 Å². The monoisotopic (exact) mass is 284 g/mol. The maximum absolute atomic E-state index is 13.5. The quantitative estimate of drug-likeness (QED) is 0.623. The number of ether oxygens (including phenoxy) is 1. The van der Waals surface area contributed by atoms with Crippen LogP contribution in [-0.4, -0.2) is 42.7 Å². The number of carbonyl (C=O) groups is 1. The van der Waals surface area contributed by atoms with Gasteiger partial charge in [0.25, 0.3) is 0 Å². The lowest BCUT2D eigenvalue weighted by atomic mass is 10.1. The Morgan fingerprint density at radius 3 is 2.60 bits per heavy atom. The van der Waals surface area contributed by atoms with Crippen molar-refractivity contribution in [1.29, 1.82) is 5.26 Å². The molecule has 108 valence electrons. The highest BCUT2D eigenvalue weighted by Crippen LogP contribution is 2.21. The number of halogens is 2. The first-order chi connectivity index (χ1) is 9.49. The summed E-state index contributed by atoms with van der Waals surface area (Å²) >= 11 is 0. The molecule has 0 fully saturated rings. The fourth-order valence-electron chi connectivity index (χ4n) is 1.70. The van der Waals surface area contributed by atoms with Gasteiger partial charge in [-0.2, -0.15) is 5.26 Å². The number of rotatable bonds is 6. The summed E-state index contributed by atoms with van der Waals surface area (Å²) in [4.78, 5) is 12.4. The fraction of sp³-hybridized carbons (Fsp3) is 0.385. The van der Waals surface area contributed by atoms with E-state index in [1.165, 1.54) is 18.1 Å². The topological polar surface area (TPSA) is 73.6 Å². The molecule has 0 spiro atoms. The van der Waals surface area contributed by atoms with Gasteiger partial charge in [0.15, 0.2) is 0 Å². The second-order valence-corrected chi connectivity index (χ2v) is 4.06. The fourth-order valence-corrected chi connectivity index (χ4v) is 1.70. The second-order valence-electron chi connectivity index (χ2n) is 4.06. The van der Waals surface area contributed by atoms with E-state index in [0.717, 1.165) is 12.1 Å². The van der Waals surface area contributed by atoms with Crippen molar-refractivity contribution in [3.63, 3.8) is 0 Å². The van der Waals surface area contributed by atoms with Gasteiger partial charge in [-0.1, -0.05) is 6.07 Å². The van der Waals surface area contributed by atoms with Crippen molar-refractivity contribution < 1.29 is 23.4 Å². The molecule has 0 aromatic heterocycles. The summed E-state index contributed by atoms with van der Waals surface area (Å²) in [6.07, 6.45) is -1.49. The van der Waals surface area contributed by atoms with Crippen molar-refractivity contribution in [3.05, 3.63) is 35.4 Å². The van der Waals surface area contributed by atoms with E-state index >= 15 is 0 Å².